The molecular weight excluding hydrogens is 786 g/mol. The average Bonchev–Trinajstić information content (AvgIpc) is 3.76. The summed E-state index contributed by atoms with van der Waals surface area (Å²) in [4.78, 5) is 48.6. The van der Waals surface area contributed by atoms with Crippen LogP contribution in [0.25, 0.3) is 22.3 Å². The van der Waals surface area contributed by atoms with Crippen molar-refractivity contribution in [1.29, 1.82) is 0 Å². The Labute approximate surface area is 322 Å². The second-order valence-corrected chi connectivity index (χ2v) is 18.4. The van der Waals surface area contributed by atoms with E-state index in [4.69, 9.17) is 9.97 Å². The third-order valence-corrected chi connectivity index (χ3v) is 13.6. The third-order valence-electron chi connectivity index (χ3n) is 13.0. The van der Waals surface area contributed by atoms with Gasteiger partial charge in [0.2, 0.25) is 11.8 Å². The number of fused-ring (bicyclic) bond motifs is 4. The molecule has 2 amide bonds. The number of halogens is 2. The highest BCUT2D eigenvalue weighted by Crippen LogP contribution is 2.53. The molecular formula is C40H46FIN8O3. The summed E-state index contributed by atoms with van der Waals surface area (Å²) < 4.78 is 16.9. The minimum atomic E-state index is -0.866. The highest BCUT2D eigenvalue weighted by atomic mass is 127. The van der Waals surface area contributed by atoms with Crippen LogP contribution >= 0.6 is 22.6 Å². The molecule has 4 fully saturated rings. The van der Waals surface area contributed by atoms with Gasteiger partial charge < -0.3 is 24.8 Å². The molecule has 9 rings (SSSR count). The van der Waals surface area contributed by atoms with Crippen molar-refractivity contribution in [2.45, 2.75) is 80.8 Å². The molecule has 3 aromatic heterocycles. The van der Waals surface area contributed by atoms with Crippen molar-refractivity contribution in [3.63, 3.8) is 0 Å². The number of carbonyl (C=O) groups is 2. The molecule has 5 aliphatic rings. The summed E-state index contributed by atoms with van der Waals surface area (Å²) in [5, 5.41) is 13.1. The van der Waals surface area contributed by atoms with Crippen LogP contribution in [0.3, 0.4) is 0 Å². The fourth-order valence-corrected chi connectivity index (χ4v) is 9.94. The fraction of sp³-hybridized carbons (Fsp3) is 0.525. The molecule has 3 aliphatic heterocycles. The number of aliphatic hydroxyl groups is 1. The molecule has 6 heterocycles. The van der Waals surface area contributed by atoms with Crippen LogP contribution in [0.4, 0.5) is 21.6 Å². The molecule has 1 unspecified atom stereocenters. The van der Waals surface area contributed by atoms with Crippen LogP contribution in [0, 0.1) is 23.1 Å². The zero-order valence-corrected chi connectivity index (χ0v) is 32.6. The van der Waals surface area contributed by atoms with Crippen LogP contribution in [0.15, 0.2) is 49.1 Å². The first-order chi connectivity index (χ1) is 25.5. The number of hydrogen-bond acceptors (Lipinski definition) is 8. The molecule has 2 N–H and O–H groups in total. The molecule has 2 saturated carbocycles. The minimum absolute atomic E-state index is 0.0716. The summed E-state index contributed by atoms with van der Waals surface area (Å²) in [5.41, 5.74) is 3.64. The molecule has 1 aromatic carbocycles. The van der Waals surface area contributed by atoms with Crippen molar-refractivity contribution in [2.75, 3.05) is 43.0 Å². The van der Waals surface area contributed by atoms with Crippen molar-refractivity contribution in [1.82, 2.24) is 29.3 Å². The van der Waals surface area contributed by atoms with E-state index in [0.29, 0.717) is 43.5 Å². The molecule has 278 valence electrons. The van der Waals surface area contributed by atoms with E-state index in [1.54, 1.807) is 32.4 Å². The van der Waals surface area contributed by atoms with Gasteiger partial charge in [0.15, 0.2) is 11.6 Å². The van der Waals surface area contributed by atoms with E-state index >= 15 is 0 Å². The van der Waals surface area contributed by atoms with Gasteiger partial charge in [-0.15, -0.1) is 0 Å². The van der Waals surface area contributed by atoms with Crippen LogP contribution in [0.5, 0.6) is 0 Å². The third kappa shape index (κ3) is 5.66. The molecule has 0 radical (unpaired) electrons. The number of nitrogens with one attached hydrogen (secondary N) is 1. The second-order valence-electron chi connectivity index (χ2n) is 16.6. The van der Waals surface area contributed by atoms with Gasteiger partial charge in [0.05, 0.1) is 50.9 Å². The van der Waals surface area contributed by atoms with E-state index in [2.05, 4.69) is 61.7 Å². The Balaban J connectivity index is 1.08. The van der Waals surface area contributed by atoms with Crippen molar-refractivity contribution >= 4 is 62.6 Å². The number of nitrogens with zero attached hydrogens (tertiary/aromatic N) is 7. The number of aliphatic hydroxyl groups excluding tert-OH is 1. The van der Waals surface area contributed by atoms with Gasteiger partial charge in [0, 0.05) is 55.7 Å². The van der Waals surface area contributed by atoms with Crippen LogP contribution in [0.2, 0.25) is 0 Å². The van der Waals surface area contributed by atoms with Crippen LogP contribution in [-0.2, 0) is 15.0 Å². The average molecular weight is 833 g/mol. The van der Waals surface area contributed by atoms with E-state index < -0.39 is 16.6 Å². The number of hydrogen-bond donors (Lipinski definition) is 2. The number of carbonyl (C=O) groups excluding carboxylic acids is 2. The molecule has 3 atom stereocenters. The van der Waals surface area contributed by atoms with E-state index in [9.17, 15) is 19.1 Å². The molecule has 1 spiro atoms. The van der Waals surface area contributed by atoms with Crippen LogP contribution in [0.1, 0.15) is 68.9 Å². The number of amides is 2. The van der Waals surface area contributed by atoms with Gasteiger partial charge in [0.25, 0.3) is 0 Å². The lowest BCUT2D eigenvalue weighted by Crippen LogP contribution is -2.58. The highest BCUT2D eigenvalue weighted by Gasteiger charge is 2.57. The van der Waals surface area contributed by atoms with Crippen LogP contribution < -0.4 is 10.2 Å². The number of piperidine rings is 1. The summed E-state index contributed by atoms with van der Waals surface area (Å²) in [7, 11) is 0. The van der Waals surface area contributed by atoms with Crippen LogP contribution in [-0.4, -0.2) is 91.1 Å². The SMILES string of the molecule is CC(I)n1cnc2cc(-c3ccc4c(c3)N(C3CC(N5C[C@H]6CC[C@H]6C5)C3)C(=O)C43CCN(C(=O)C(C)(C)CO)CC3)nc(Nc3ccncc3F)c21. The molecule has 13 heteroatoms. The van der Waals surface area contributed by atoms with Gasteiger partial charge in [-0.2, -0.15) is 0 Å². The normalized spacial score (nSPS) is 25.7. The quantitative estimate of drug-likeness (QED) is 0.154. The van der Waals surface area contributed by atoms with Crippen molar-refractivity contribution < 1.29 is 19.1 Å². The first-order valence-corrected chi connectivity index (χ1v) is 20.2. The van der Waals surface area contributed by atoms with E-state index in [0.717, 1.165) is 52.5 Å². The zero-order valence-electron chi connectivity index (χ0n) is 30.4. The molecule has 11 nitrogen and oxygen atoms in total. The van der Waals surface area contributed by atoms with E-state index in [1.807, 2.05) is 21.6 Å². The number of aromatic nitrogens is 4. The topological polar surface area (TPSA) is 120 Å². The maximum absolute atomic E-state index is 14.9. The second kappa shape index (κ2) is 13.0. The van der Waals surface area contributed by atoms with E-state index in [-0.39, 0.29) is 34.2 Å². The molecule has 0 bridgehead atoms. The van der Waals surface area contributed by atoms with Gasteiger partial charge >= 0.3 is 0 Å². The summed E-state index contributed by atoms with van der Waals surface area (Å²) in [5.74, 6) is 1.76. The van der Waals surface area contributed by atoms with Gasteiger partial charge in [0.1, 0.15) is 5.52 Å². The molecule has 2 saturated heterocycles. The lowest BCUT2D eigenvalue weighted by Gasteiger charge is -2.46. The lowest BCUT2D eigenvalue weighted by molar-refractivity contribution is -0.145. The zero-order chi connectivity index (χ0) is 36.8. The molecule has 4 aromatic rings. The predicted molar refractivity (Wildman–Crippen MR) is 210 cm³/mol. The Kier molecular flexibility index (Phi) is 8.57. The first-order valence-electron chi connectivity index (χ1n) is 19.0. The van der Waals surface area contributed by atoms with Gasteiger partial charge in [-0.25, -0.2) is 14.4 Å². The summed E-state index contributed by atoms with van der Waals surface area (Å²) in [6, 6.07) is 10.4. The molecule has 53 heavy (non-hydrogen) atoms. The van der Waals surface area contributed by atoms with E-state index in [1.165, 1.54) is 32.1 Å². The van der Waals surface area contributed by atoms with Gasteiger partial charge in [-0.1, -0.05) is 34.7 Å². The van der Waals surface area contributed by atoms with Gasteiger partial charge in [-0.3, -0.25) is 19.5 Å². The standard InChI is InChI=1S/C40H46FIN8O3/c1-23(42)49-22-44-33-17-32(46-36(35(33)49)45-31-8-11-43-18-30(31)41)24-6-7-29-34(14-24)50(28-15-27(16-28)48-19-25-4-5-26(25)20-48)38(53)40(29)9-12-47(13-10-40)37(52)39(2,3)21-51/h6-8,11,14,17-18,22-23,25-28,51H,4-5,9-10,12-13,15-16,19-21H2,1-3H3,(H,43,45,46)/t23?,25-,26+,27?,28?. The summed E-state index contributed by atoms with van der Waals surface area (Å²) in [6.07, 6.45) is 10.2. The number of imidazole rings is 1. The first kappa shape index (κ1) is 35.0. The fourth-order valence-electron chi connectivity index (χ4n) is 9.51. The van der Waals surface area contributed by atoms with Crippen molar-refractivity contribution in [3.8, 4) is 11.3 Å². The number of alkyl halides is 1. The number of likely N-dealkylation sites (tertiary alicyclic amines) is 2. The monoisotopic (exact) mass is 832 g/mol. The smallest absolute Gasteiger partial charge is 0.238 e. The maximum Gasteiger partial charge on any atom is 0.238 e. The maximum atomic E-state index is 14.9. The number of benzene rings is 1. The Morgan fingerprint density at radius 2 is 1.85 bits per heavy atom. The largest absolute Gasteiger partial charge is 0.395 e. The molecule has 2 aliphatic carbocycles. The summed E-state index contributed by atoms with van der Waals surface area (Å²) in [6.45, 7) is 8.67. The Morgan fingerprint density at radius 3 is 2.51 bits per heavy atom. The predicted octanol–water partition coefficient (Wildman–Crippen LogP) is 6.43. The number of anilines is 3. The minimum Gasteiger partial charge on any atom is -0.395 e. The van der Waals surface area contributed by atoms with Crippen molar-refractivity contribution in [2.24, 2.45) is 17.3 Å². The Morgan fingerprint density at radius 1 is 1.11 bits per heavy atom. The Hall–Kier alpha value is -3.69. The number of pyridine rings is 2. The highest BCUT2D eigenvalue weighted by molar-refractivity contribution is 14.1. The lowest BCUT2D eigenvalue weighted by atomic mass is 9.73. The Bertz CT molecular complexity index is 2090. The van der Waals surface area contributed by atoms with Crippen molar-refractivity contribution in [3.05, 3.63) is 60.4 Å². The summed E-state index contributed by atoms with van der Waals surface area (Å²) >= 11 is 2.32. The van der Waals surface area contributed by atoms with Gasteiger partial charge in [-0.05, 0) is 94.9 Å². The number of rotatable bonds is 8.